The fourth-order valence-corrected chi connectivity index (χ4v) is 3.18. The van der Waals surface area contributed by atoms with Gasteiger partial charge >= 0.3 is 5.97 Å². The average Bonchev–Trinajstić information content (AvgIpc) is 2.28. The largest absolute Gasteiger partial charge is 0.481 e. The molecule has 0 spiro atoms. The van der Waals surface area contributed by atoms with E-state index in [4.69, 9.17) is 16.7 Å². The van der Waals surface area contributed by atoms with Crippen molar-refractivity contribution in [2.45, 2.75) is 23.8 Å². The molecule has 4 nitrogen and oxygen atoms in total. The summed E-state index contributed by atoms with van der Waals surface area (Å²) in [7, 11) is 0. The third kappa shape index (κ3) is 3.17. The van der Waals surface area contributed by atoms with Crippen molar-refractivity contribution < 1.29 is 14.7 Å². The molecule has 1 aromatic rings. The quantitative estimate of drug-likeness (QED) is 0.837. The maximum atomic E-state index is 11.5. The van der Waals surface area contributed by atoms with Gasteiger partial charge in [0.1, 0.15) is 6.42 Å². The number of thioether (sulfide) groups is 1. The Bertz CT molecular complexity index is 492. The molecule has 6 heteroatoms. The number of hydrogen-bond acceptors (Lipinski definition) is 3. The lowest BCUT2D eigenvalue weighted by molar-refractivity contribution is -0.140. The predicted molar refractivity (Wildman–Crippen MR) is 69.9 cm³/mol. The SMILES string of the molecule is O=C(O)CC(=O)NC1CCSc2ccc(Cl)cc21. The van der Waals surface area contributed by atoms with E-state index >= 15 is 0 Å². The number of carboxylic acids is 1. The number of rotatable bonds is 3. The minimum Gasteiger partial charge on any atom is -0.481 e. The first kappa shape index (κ1) is 13.2. The number of carbonyl (C=O) groups is 2. The zero-order chi connectivity index (χ0) is 13.1. The fourth-order valence-electron chi connectivity index (χ4n) is 1.90. The molecule has 0 fully saturated rings. The molecular formula is C12H12ClNO3S. The summed E-state index contributed by atoms with van der Waals surface area (Å²) in [6, 6.07) is 5.42. The van der Waals surface area contributed by atoms with E-state index in [9.17, 15) is 9.59 Å². The first-order valence-electron chi connectivity index (χ1n) is 5.49. The van der Waals surface area contributed by atoms with Crippen molar-refractivity contribution in [3.05, 3.63) is 28.8 Å². The second-order valence-electron chi connectivity index (χ2n) is 4.01. The summed E-state index contributed by atoms with van der Waals surface area (Å²) in [5.41, 5.74) is 0.970. The second-order valence-corrected chi connectivity index (χ2v) is 5.58. The van der Waals surface area contributed by atoms with E-state index in [-0.39, 0.29) is 6.04 Å². The molecule has 1 heterocycles. The average molecular weight is 286 g/mol. The highest BCUT2D eigenvalue weighted by Gasteiger charge is 2.23. The minimum absolute atomic E-state index is 0.146. The van der Waals surface area contributed by atoms with Gasteiger partial charge in [0, 0.05) is 15.7 Å². The molecule has 0 bridgehead atoms. The van der Waals surface area contributed by atoms with Crippen LogP contribution in [0, 0.1) is 0 Å². The van der Waals surface area contributed by atoms with Gasteiger partial charge in [-0.15, -0.1) is 11.8 Å². The summed E-state index contributed by atoms with van der Waals surface area (Å²) < 4.78 is 0. The van der Waals surface area contributed by atoms with Gasteiger partial charge in [-0.2, -0.15) is 0 Å². The van der Waals surface area contributed by atoms with Gasteiger partial charge in [-0.1, -0.05) is 11.6 Å². The van der Waals surface area contributed by atoms with Crippen LogP contribution in [0.15, 0.2) is 23.1 Å². The Morgan fingerprint density at radius 2 is 2.28 bits per heavy atom. The van der Waals surface area contributed by atoms with Crippen LogP contribution >= 0.6 is 23.4 Å². The van der Waals surface area contributed by atoms with E-state index in [2.05, 4.69) is 5.32 Å². The van der Waals surface area contributed by atoms with E-state index in [1.54, 1.807) is 11.8 Å². The van der Waals surface area contributed by atoms with Crippen LogP contribution in [-0.4, -0.2) is 22.7 Å². The molecule has 2 rings (SSSR count). The summed E-state index contributed by atoms with van der Waals surface area (Å²) in [6.45, 7) is 0. The molecule has 1 atom stereocenters. The summed E-state index contributed by atoms with van der Waals surface area (Å²) in [6.07, 6.45) is 0.281. The molecule has 0 radical (unpaired) electrons. The highest BCUT2D eigenvalue weighted by molar-refractivity contribution is 7.99. The van der Waals surface area contributed by atoms with Gasteiger partial charge in [-0.05, 0) is 30.2 Å². The fraction of sp³-hybridized carbons (Fsp3) is 0.333. The van der Waals surface area contributed by atoms with Gasteiger partial charge in [0.05, 0.1) is 6.04 Å². The highest BCUT2D eigenvalue weighted by Crippen LogP contribution is 2.37. The second kappa shape index (κ2) is 5.63. The van der Waals surface area contributed by atoms with E-state index in [0.717, 1.165) is 22.6 Å². The maximum Gasteiger partial charge on any atom is 0.312 e. The number of amides is 1. The van der Waals surface area contributed by atoms with Gasteiger partial charge in [-0.25, -0.2) is 0 Å². The maximum absolute atomic E-state index is 11.5. The van der Waals surface area contributed by atoms with E-state index in [0.29, 0.717) is 5.02 Å². The highest BCUT2D eigenvalue weighted by atomic mass is 35.5. The van der Waals surface area contributed by atoms with Gasteiger partial charge in [0.25, 0.3) is 0 Å². The minimum atomic E-state index is -1.12. The number of benzene rings is 1. The lowest BCUT2D eigenvalue weighted by Gasteiger charge is -2.26. The standard InChI is InChI=1S/C12H12ClNO3S/c13-7-1-2-10-8(5-7)9(3-4-18-10)14-11(15)6-12(16)17/h1-2,5,9H,3-4,6H2,(H,14,15)(H,16,17). The number of halogens is 1. The third-order valence-electron chi connectivity index (χ3n) is 2.66. The van der Waals surface area contributed by atoms with Crippen LogP contribution < -0.4 is 5.32 Å². The van der Waals surface area contributed by atoms with Crippen molar-refractivity contribution in [3.8, 4) is 0 Å². The van der Waals surface area contributed by atoms with Gasteiger partial charge in [-0.3, -0.25) is 9.59 Å². The first-order chi connectivity index (χ1) is 8.56. The summed E-state index contributed by atoms with van der Waals surface area (Å²) in [5.74, 6) is -0.693. The topological polar surface area (TPSA) is 66.4 Å². The van der Waals surface area contributed by atoms with Crippen molar-refractivity contribution in [3.63, 3.8) is 0 Å². The summed E-state index contributed by atoms with van der Waals surface area (Å²) in [4.78, 5) is 23.0. The van der Waals surface area contributed by atoms with E-state index in [1.165, 1.54) is 0 Å². The molecule has 96 valence electrons. The number of carboxylic acid groups (broad SMARTS) is 1. The molecule has 1 unspecified atom stereocenters. The van der Waals surface area contributed by atoms with Crippen LogP contribution in [0.5, 0.6) is 0 Å². The van der Waals surface area contributed by atoms with Crippen LogP contribution in [0.1, 0.15) is 24.4 Å². The Morgan fingerprint density at radius 3 is 3.00 bits per heavy atom. The number of hydrogen-bond donors (Lipinski definition) is 2. The van der Waals surface area contributed by atoms with Crippen LogP contribution in [0.2, 0.25) is 5.02 Å². The smallest absolute Gasteiger partial charge is 0.312 e. The van der Waals surface area contributed by atoms with Gasteiger partial charge in [0.15, 0.2) is 0 Å². The number of carbonyl (C=O) groups excluding carboxylic acids is 1. The lowest BCUT2D eigenvalue weighted by atomic mass is 10.0. The van der Waals surface area contributed by atoms with Gasteiger partial charge in [0.2, 0.25) is 5.91 Å². The molecule has 1 aliphatic heterocycles. The Morgan fingerprint density at radius 1 is 1.50 bits per heavy atom. The number of nitrogens with one attached hydrogen (secondary N) is 1. The number of fused-ring (bicyclic) bond motifs is 1. The van der Waals surface area contributed by atoms with E-state index < -0.39 is 18.3 Å². The third-order valence-corrected chi connectivity index (χ3v) is 4.02. The molecule has 1 amide bonds. The molecule has 0 saturated heterocycles. The Labute approximate surface area is 114 Å². The molecule has 1 aliphatic rings. The number of aliphatic carboxylic acids is 1. The Hall–Kier alpha value is -1.20. The molecule has 2 N–H and O–H groups in total. The van der Waals surface area contributed by atoms with Crippen LogP contribution in [0.3, 0.4) is 0 Å². The monoisotopic (exact) mass is 285 g/mol. The van der Waals surface area contributed by atoms with Crippen LogP contribution in [0.25, 0.3) is 0 Å². The summed E-state index contributed by atoms with van der Waals surface area (Å²) in [5, 5.41) is 11.9. The molecular weight excluding hydrogens is 274 g/mol. The normalized spacial score (nSPS) is 17.9. The Balaban J connectivity index is 2.14. The predicted octanol–water partition coefficient (Wildman–Crippen LogP) is 2.47. The zero-order valence-corrected chi connectivity index (χ0v) is 11.1. The van der Waals surface area contributed by atoms with E-state index in [1.807, 2.05) is 18.2 Å². The molecule has 0 aliphatic carbocycles. The van der Waals surface area contributed by atoms with Crippen molar-refractivity contribution in [2.75, 3.05) is 5.75 Å². The molecule has 1 aromatic carbocycles. The lowest BCUT2D eigenvalue weighted by Crippen LogP contribution is -2.31. The van der Waals surface area contributed by atoms with Crippen LogP contribution in [-0.2, 0) is 9.59 Å². The van der Waals surface area contributed by atoms with Crippen molar-refractivity contribution in [1.29, 1.82) is 0 Å². The summed E-state index contributed by atoms with van der Waals surface area (Å²) >= 11 is 7.66. The molecule has 0 saturated carbocycles. The molecule has 0 aromatic heterocycles. The van der Waals surface area contributed by atoms with Crippen molar-refractivity contribution in [1.82, 2.24) is 5.32 Å². The molecule has 18 heavy (non-hydrogen) atoms. The first-order valence-corrected chi connectivity index (χ1v) is 6.86. The van der Waals surface area contributed by atoms with Crippen LogP contribution in [0.4, 0.5) is 0 Å². The van der Waals surface area contributed by atoms with Crippen molar-refractivity contribution >= 4 is 35.2 Å². The Kier molecular flexibility index (Phi) is 4.14. The zero-order valence-electron chi connectivity index (χ0n) is 9.48. The van der Waals surface area contributed by atoms with Gasteiger partial charge < -0.3 is 10.4 Å². The van der Waals surface area contributed by atoms with Crippen molar-refractivity contribution in [2.24, 2.45) is 0 Å².